The van der Waals surface area contributed by atoms with Gasteiger partial charge in [0, 0.05) is 94.9 Å². The summed E-state index contributed by atoms with van der Waals surface area (Å²) in [5.41, 5.74) is 0.637. The summed E-state index contributed by atoms with van der Waals surface area (Å²) in [6.07, 6.45) is 3.19. The van der Waals surface area contributed by atoms with Crippen molar-refractivity contribution in [3.63, 3.8) is 0 Å². The second-order valence-electron chi connectivity index (χ2n) is 2.08. The number of rotatable bonds is 3. The van der Waals surface area contributed by atoms with E-state index < -0.39 is 5.92 Å². The molecule has 0 spiro atoms. The molecule has 103 valence electrons. The van der Waals surface area contributed by atoms with E-state index >= 15 is 0 Å². The molecule has 0 aromatic heterocycles. The van der Waals surface area contributed by atoms with Crippen molar-refractivity contribution in [1.29, 1.82) is 0 Å². The van der Waals surface area contributed by atoms with Crippen LogP contribution in [-0.4, -0.2) is 12.6 Å². The molecule has 0 bridgehead atoms. The molecular weight excluding hydrogens is 765 g/mol. The third-order valence-electron chi connectivity index (χ3n) is 1.37. The van der Waals surface area contributed by atoms with Crippen LogP contribution < -0.4 is 0 Å². The van der Waals surface area contributed by atoms with Crippen molar-refractivity contribution < 1.29 is 105 Å². The maximum absolute atomic E-state index is 10.1. The molecular formula is C14H21O2U2Y-3. The summed E-state index contributed by atoms with van der Waals surface area (Å²) < 4.78 is 0. The first-order valence-corrected chi connectivity index (χ1v) is 5.18. The quantitative estimate of drug-likeness (QED) is 0.348. The Balaban J connectivity index is -0.0000000485. The second kappa shape index (κ2) is 31.9. The van der Waals surface area contributed by atoms with Crippen LogP contribution in [0.1, 0.15) is 39.2 Å². The minimum absolute atomic E-state index is 0. The Morgan fingerprint density at radius 1 is 0.842 bits per heavy atom. The van der Waals surface area contributed by atoms with Crippen molar-refractivity contribution in [2.75, 3.05) is 0 Å². The van der Waals surface area contributed by atoms with Crippen molar-refractivity contribution in [3.8, 4) is 0 Å². The van der Waals surface area contributed by atoms with Gasteiger partial charge in [0.1, 0.15) is 0 Å². The van der Waals surface area contributed by atoms with Gasteiger partial charge in [-0.15, -0.1) is 0 Å². The SMILES string of the molecule is CC.CC.O=[C-]C([C-]=O)c1ccccc1.[CH3-].[U].[U].[Y]. The van der Waals surface area contributed by atoms with E-state index in [0.717, 1.165) is 0 Å². The predicted octanol–water partition coefficient (Wildman–Crippen LogP) is 3.49. The van der Waals surface area contributed by atoms with Crippen LogP contribution in [0.4, 0.5) is 0 Å². The van der Waals surface area contributed by atoms with Crippen molar-refractivity contribution in [2.45, 2.75) is 33.6 Å². The Bertz CT molecular complexity index is 249. The van der Waals surface area contributed by atoms with Crippen molar-refractivity contribution in [3.05, 3.63) is 43.3 Å². The van der Waals surface area contributed by atoms with Gasteiger partial charge in [0.25, 0.3) is 0 Å². The van der Waals surface area contributed by atoms with E-state index in [1.807, 2.05) is 33.8 Å². The van der Waals surface area contributed by atoms with Crippen LogP contribution in [0.3, 0.4) is 0 Å². The van der Waals surface area contributed by atoms with Gasteiger partial charge < -0.3 is 17.0 Å². The van der Waals surface area contributed by atoms with E-state index in [4.69, 9.17) is 0 Å². The molecule has 0 amide bonds. The summed E-state index contributed by atoms with van der Waals surface area (Å²) in [5.74, 6) is -0.851. The Morgan fingerprint density at radius 2 is 1.16 bits per heavy atom. The van der Waals surface area contributed by atoms with Crippen LogP contribution in [0.2, 0.25) is 0 Å². The van der Waals surface area contributed by atoms with E-state index in [2.05, 4.69) is 0 Å². The molecule has 0 aliphatic heterocycles. The predicted molar refractivity (Wildman–Crippen MR) is 69.7 cm³/mol. The van der Waals surface area contributed by atoms with Crippen LogP contribution in [0, 0.1) is 69.7 Å². The van der Waals surface area contributed by atoms with Gasteiger partial charge in [-0.3, -0.25) is 12.6 Å². The fraction of sp³-hybridized carbons (Fsp3) is 0.357. The van der Waals surface area contributed by atoms with Gasteiger partial charge >= 0.3 is 0 Å². The summed E-state index contributed by atoms with van der Waals surface area (Å²) in [7, 11) is 0. The van der Waals surface area contributed by atoms with E-state index in [9.17, 15) is 9.59 Å². The van der Waals surface area contributed by atoms with Crippen LogP contribution in [-0.2, 0) is 42.3 Å². The Labute approximate surface area is 191 Å². The van der Waals surface area contributed by atoms with Crippen molar-refractivity contribution >= 4 is 12.6 Å². The summed E-state index contributed by atoms with van der Waals surface area (Å²) in [5, 5.41) is 0. The third-order valence-corrected chi connectivity index (χ3v) is 1.37. The first-order valence-electron chi connectivity index (χ1n) is 5.18. The Hall–Kier alpha value is 1.77. The molecule has 0 atom stereocenters. The molecule has 0 fully saturated rings. The normalized spacial score (nSPS) is 6.16. The first-order chi connectivity index (χ1) is 7.38. The van der Waals surface area contributed by atoms with Crippen LogP contribution in [0.5, 0.6) is 0 Å². The average Bonchev–Trinajstić information content (AvgIpc) is 2.37. The molecule has 0 aliphatic carbocycles. The summed E-state index contributed by atoms with van der Waals surface area (Å²) >= 11 is 0. The zero-order chi connectivity index (χ0) is 12.1. The van der Waals surface area contributed by atoms with Crippen molar-refractivity contribution in [1.82, 2.24) is 0 Å². The molecule has 1 aromatic rings. The fourth-order valence-electron chi connectivity index (χ4n) is 0.806. The standard InChI is InChI=1S/C9H6O2.2C2H6.CH3.2U.Y/c10-6-9(7-11)8-4-2-1-3-5-8;2*1-2;;;;/h1-5,9H;2*1-2H3;1H3;;;/q-2;;;-1;;;. The molecule has 0 unspecified atom stereocenters. The largest absolute Gasteiger partial charge is 0.543 e. The first kappa shape index (κ1) is 37.2. The average molecular weight is 786 g/mol. The van der Waals surface area contributed by atoms with Crippen LogP contribution >= 0.6 is 0 Å². The van der Waals surface area contributed by atoms with Gasteiger partial charge in [-0.1, -0.05) is 63.6 Å². The second-order valence-corrected chi connectivity index (χ2v) is 2.08. The third kappa shape index (κ3) is 19.8. The number of hydrogen-bond acceptors (Lipinski definition) is 2. The molecule has 1 aromatic carbocycles. The maximum atomic E-state index is 10.1. The summed E-state index contributed by atoms with van der Waals surface area (Å²) in [6, 6.07) is 8.73. The summed E-state index contributed by atoms with van der Waals surface area (Å²) in [6.45, 7) is 8.00. The number of hydrogen-bond donors (Lipinski definition) is 0. The van der Waals surface area contributed by atoms with Gasteiger partial charge in [-0.2, -0.15) is 0 Å². The molecule has 5 heteroatoms. The topological polar surface area (TPSA) is 34.1 Å². The van der Waals surface area contributed by atoms with Gasteiger partial charge in [-0.05, 0) is 0 Å². The zero-order valence-corrected chi connectivity index (χ0v) is 23.5. The monoisotopic (exact) mass is 786 g/mol. The molecule has 0 heterocycles. The van der Waals surface area contributed by atoms with E-state index in [1.165, 1.54) is 0 Å². The number of carbonyl (C=O) groups excluding carboxylic acids is 2. The van der Waals surface area contributed by atoms with Gasteiger partial charge in [-0.25, -0.2) is 5.92 Å². The number of benzene rings is 1. The van der Waals surface area contributed by atoms with Gasteiger partial charge in [0.05, 0.1) is 0 Å². The molecule has 0 aliphatic rings. The smallest absolute Gasteiger partial charge is 0 e. The van der Waals surface area contributed by atoms with E-state index in [0.29, 0.717) is 5.56 Å². The van der Waals surface area contributed by atoms with Gasteiger partial charge in [0.15, 0.2) is 0 Å². The molecule has 0 N–H and O–H groups in total. The van der Waals surface area contributed by atoms with Crippen molar-refractivity contribution in [2.24, 2.45) is 0 Å². The molecule has 1 radical (unpaired) electrons. The van der Waals surface area contributed by atoms with E-state index in [-0.39, 0.29) is 102 Å². The molecule has 19 heavy (non-hydrogen) atoms. The van der Waals surface area contributed by atoms with Crippen LogP contribution in [0.15, 0.2) is 30.3 Å². The van der Waals surface area contributed by atoms with Crippen LogP contribution in [0.25, 0.3) is 0 Å². The minimum Gasteiger partial charge on any atom is -0.543 e. The Morgan fingerprint density at radius 3 is 1.42 bits per heavy atom. The molecule has 1 rings (SSSR count). The summed E-state index contributed by atoms with van der Waals surface area (Å²) in [4.78, 5) is 20.3. The van der Waals surface area contributed by atoms with Gasteiger partial charge in [0.2, 0.25) is 0 Å². The molecule has 2 nitrogen and oxygen atoms in total. The minimum atomic E-state index is -0.851. The maximum Gasteiger partial charge on any atom is 0 e. The Kier molecular flexibility index (Phi) is 62.5. The molecule has 0 saturated heterocycles. The van der Waals surface area contributed by atoms with E-state index in [1.54, 1.807) is 36.8 Å². The molecule has 0 saturated carbocycles. The fourth-order valence-corrected chi connectivity index (χ4v) is 0.806. The zero-order valence-electron chi connectivity index (χ0n) is 12.4.